The lowest BCUT2D eigenvalue weighted by Gasteiger charge is -1.99. The summed E-state index contributed by atoms with van der Waals surface area (Å²) in [7, 11) is 6.17. The maximum atomic E-state index is 11.0. The molecule has 0 aliphatic rings. The van der Waals surface area contributed by atoms with E-state index >= 15 is 0 Å². The lowest BCUT2D eigenvalue weighted by molar-refractivity contribution is -0.115. The number of carbonyl (C=O) groups is 1. The summed E-state index contributed by atoms with van der Waals surface area (Å²) in [5.41, 5.74) is 0. The molecule has 0 aliphatic carbocycles. The van der Waals surface area contributed by atoms with Crippen LogP contribution in [0.3, 0.4) is 0 Å². The van der Waals surface area contributed by atoms with Gasteiger partial charge in [-0.2, -0.15) is 0 Å². The highest BCUT2D eigenvalue weighted by Gasteiger charge is 2.08. The first-order valence-electron chi connectivity index (χ1n) is 6.35. The van der Waals surface area contributed by atoms with Crippen LogP contribution < -0.4 is 0 Å². The van der Waals surface area contributed by atoms with Crippen molar-refractivity contribution in [1.29, 1.82) is 0 Å². The molecular formula is C12H32F2O3P4. The molecule has 4 unspecified atom stereocenters. The van der Waals surface area contributed by atoms with Crippen molar-refractivity contribution in [1.82, 2.24) is 0 Å². The first-order valence-corrected chi connectivity index (χ1v) is 11.8. The van der Waals surface area contributed by atoms with Crippen molar-refractivity contribution in [2.75, 3.05) is 0 Å². The number of Topliss-reactive ketones (excluding diaryl/α,β-unsaturated/α-hetero) is 1. The third kappa shape index (κ3) is 151. The average Bonchev–Trinajstić information content (AvgIpc) is 2.13. The largest absolute Gasteiger partial charge is 0.356 e. The first-order chi connectivity index (χ1) is 9.27. The molecule has 4 atom stereocenters. The smallest absolute Gasteiger partial charge is 0.242 e. The Hall–Kier alpha value is 1.17. The topological polar surface area (TPSA) is 35.5 Å². The Kier molecular flexibility index (Phi) is 30.3. The van der Waals surface area contributed by atoms with E-state index in [1.54, 1.807) is 0 Å². The van der Waals surface area contributed by atoms with Crippen LogP contribution in [0.2, 0.25) is 0 Å². The lowest BCUT2D eigenvalue weighted by Crippen LogP contribution is -1.98. The van der Waals surface area contributed by atoms with Crippen molar-refractivity contribution < 1.29 is 22.6 Å². The molecule has 0 radical (unpaired) electrons. The Morgan fingerprint density at radius 2 is 1.10 bits per heavy atom. The summed E-state index contributed by atoms with van der Waals surface area (Å²) in [6.07, 6.45) is 0.779. The van der Waals surface area contributed by atoms with Crippen molar-refractivity contribution in [2.45, 2.75) is 73.5 Å². The van der Waals surface area contributed by atoms with E-state index in [-0.39, 0.29) is 5.78 Å². The third-order valence-electron chi connectivity index (χ3n) is 0.607. The van der Waals surface area contributed by atoms with Crippen LogP contribution in [-0.2, 0) is 13.8 Å². The summed E-state index contributed by atoms with van der Waals surface area (Å²) in [4.78, 5) is 9.44. The molecule has 0 N–H and O–H groups in total. The summed E-state index contributed by atoms with van der Waals surface area (Å²) >= 11 is 0. The van der Waals surface area contributed by atoms with E-state index in [9.17, 15) is 13.6 Å². The number of rotatable bonds is 4. The number of ketones is 1. The van der Waals surface area contributed by atoms with Gasteiger partial charge in [0.1, 0.15) is 5.78 Å². The minimum absolute atomic E-state index is 0.167. The Morgan fingerprint density at radius 1 is 0.952 bits per heavy atom. The molecule has 0 fully saturated rings. The molecule has 0 aliphatic heterocycles. The van der Waals surface area contributed by atoms with Crippen molar-refractivity contribution in [2.24, 2.45) is 0 Å². The first kappa shape index (κ1) is 30.1. The van der Waals surface area contributed by atoms with Crippen molar-refractivity contribution in [3.05, 3.63) is 0 Å². The average molecular weight is 386 g/mol. The van der Waals surface area contributed by atoms with Gasteiger partial charge in [-0.15, -0.1) is 0 Å². The number of alkyl halides is 2. The predicted octanol–water partition coefficient (Wildman–Crippen LogP) is 5.85. The molecule has 0 spiro atoms. The van der Waals surface area contributed by atoms with Gasteiger partial charge in [-0.25, -0.2) is 8.78 Å². The van der Waals surface area contributed by atoms with E-state index in [0.29, 0.717) is 29.2 Å². The normalized spacial score (nSPS) is 11.0. The number of halogens is 2. The van der Waals surface area contributed by atoms with E-state index in [1.807, 2.05) is 27.7 Å². The Bertz CT molecular complexity index is 193. The number of hydrogen-bond acceptors (Lipinski definition) is 3. The lowest BCUT2D eigenvalue weighted by atomic mass is 10.5. The maximum absolute atomic E-state index is 11.0. The van der Waals surface area contributed by atoms with E-state index in [4.69, 9.17) is 9.05 Å². The van der Waals surface area contributed by atoms with Gasteiger partial charge in [0.15, 0.2) is 0 Å². The van der Waals surface area contributed by atoms with Crippen LogP contribution in [-0.4, -0.2) is 23.9 Å². The molecule has 9 heteroatoms. The van der Waals surface area contributed by atoms with Crippen LogP contribution >= 0.6 is 34.8 Å². The van der Waals surface area contributed by atoms with Gasteiger partial charge in [-0.3, -0.25) is 0 Å². The molecule has 21 heavy (non-hydrogen) atoms. The van der Waals surface area contributed by atoms with E-state index in [2.05, 4.69) is 17.9 Å². The molecule has 0 aromatic carbocycles. The minimum Gasteiger partial charge on any atom is -0.356 e. The maximum Gasteiger partial charge on any atom is 0.242 e. The van der Waals surface area contributed by atoms with Gasteiger partial charge in [0.05, 0.1) is 12.2 Å². The van der Waals surface area contributed by atoms with Crippen LogP contribution in [0.4, 0.5) is 8.78 Å². The second-order valence-electron chi connectivity index (χ2n) is 4.80. The van der Waals surface area contributed by atoms with Gasteiger partial charge >= 0.3 is 0 Å². The summed E-state index contributed by atoms with van der Waals surface area (Å²) < 4.78 is 32.1. The minimum atomic E-state index is -2.50. The summed E-state index contributed by atoms with van der Waals surface area (Å²) in [6, 6.07) is 0. The second-order valence-corrected chi connectivity index (χ2v) is 7.16. The molecule has 0 saturated heterocycles. The summed E-state index contributed by atoms with van der Waals surface area (Å²) in [5.74, 6) is -2.33. The number of hydrogen-bond donors (Lipinski definition) is 0. The molecule has 3 nitrogen and oxygen atoms in total. The van der Waals surface area contributed by atoms with Gasteiger partial charge in [0, 0.05) is 17.0 Å². The van der Waals surface area contributed by atoms with E-state index < -0.39 is 5.92 Å². The molecule has 0 bridgehead atoms. The highest BCUT2D eigenvalue weighted by molar-refractivity contribution is 8.00. The summed E-state index contributed by atoms with van der Waals surface area (Å²) in [6.45, 7) is 12.9. The third-order valence-corrected chi connectivity index (χ3v) is 2.64. The van der Waals surface area contributed by atoms with Crippen LogP contribution in [0.1, 0.15) is 55.4 Å². The predicted molar refractivity (Wildman–Crippen MR) is 101 cm³/mol. The van der Waals surface area contributed by atoms with Gasteiger partial charge in [-0.05, 0) is 55.4 Å². The van der Waals surface area contributed by atoms with E-state index in [0.717, 1.165) is 13.8 Å². The Labute approximate surface area is 137 Å². The molecule has 0 aromatic rings. The van der Waals surface area contributed by atoms with Crippen molar-refractivity contribution >= 4 is 40.6 Å². The summed E-state index contributed by atoms with van der Waals surface area (Å²) in [5, 5.41) is 0. The monoisotopic (exact) mass is 386 g/mol. The fraction of sp³-hybridized carbons (Fsp3) is 0.917. The zero-order valence-corrected chi connectivity index (χ0v) is 18.6. The van der Waals surface area contributed by atoms with Crippen LogP contribution in [0, 0.1) is 0 Å². The second kappa shape index (κ2) is 21.2. The zero-order valence-electron chi connectivity index (χ0n) is 14.3. The highest BCUT2D eigenvalue weighted by Crippen LogP contribution is 2.23. The zero-order chi connectivity index (χ0) is 18.1. The molecular weight excluding hydrogens is 354 g/mol. The van der Waals surface area contributed by atoms with Crippen LogP contribution in [0.5, 0.6) is 0 Å². The molecule has 0 rings (SSSR count). The highest BCUT2D eigenvalue weighted by atomic mass is 32.0. The SMILES string of the molecule is CC(C)(F)F.CC(C)=O.CC(C)OPP.CC(C)OPP. The van der Waals surface area contributed by atoms with Crippen molar-refractivity contribution in [3.63, 3.8) is 0 Å². The standard InChI is InChI=1S/C3H6F2.2C3H10OP2.C3H6O/c1-3(2,4)5;2*1-3(2)4-6-5;1-3(2)4/h1-2H3;2*3,6H,5H2,1-2H3;1-2H3. The van der Waals surface area contributed by atoms with Gasteiger partial charge in [-0.1, -0.05) is 17.9 Å². The molecule has 132 valence electrons. The van der Waals surface area contributed by atoms with Gasteiger partial charge in [0.2, 0.25) is 5.92 Å². The van der Waals surface area contributed by atoms with E-state index in [1.165, 1.54) is 13.8 Å². The van der Waals surface area contributed by atoms with Crippen molar-refractivity contribution in [3.8, 4) is 0 Å². The Balaban J connectivity index is -0.0000000929. The Morgan fingerprint density at radius 3 is 1.10 bits per heavy atom. The van der Waals surface area contributed by atoms with Gasteiger partial charge in [0.25, 0.3) is 0 Å². The number of carbonyl (C=O) groups excluding carboxylic acids is 1. The fourth-order valence-corrected chi connectivity index (χ4v) is 2.45. The quantitative estimate of drug-likeness (QED) is 0.569. The van der Waals surface area contributed by atoms with Gasteiger partial charge < -0.3 is 13.8 Å². The van der Waals surface area contributed by atoms with Crippen LogP contribution in [0.15, 0.2) is 0 Å². The molecule has 0 aromatic heterocycles. The molecule has 0 heterocycles. The van der Waals surface area contributed by atoms with Crippen LogP contribution in [0.25, 0.3) is 0 Å². The molecule has 0 amide bonds. The molecule has 0 saturated carbocycles. The fourth-order valence-electron chi connectivity index (χ4n) is 0.272.